The number of nitrogens with zero attached hydrogens (tertiary/aromatic N) is 1. The second kappa shape index (κ2) is 17.5. The quantitative estimate of drug-likeness (QED) is 0.304. The first kappa shape index (κ1) is 23.2. The van der Waals surface area contributed by atoms with E-state index in [0.29, 0.717) is 19.6 Å². The molecule has 1 saturated heterocycles. The highest BCUT2D eigenvalue weighted by Crippen LogP contribution is 2.05. The summed E-state index contributed by atoms with van der Waals surface area (Å²) in [6.07, 6.45) is 29.7. The number of rotatable bonds is 13. The molecule has 1 aliphatic rings. The first-order chi connectivity index (χ1) is 13.3. The van der Waals surface area contributed by atoms with Gasteiger partial charge in [-0.25, -0.2) is 0 Å². The van der Waals surface area contributed by atoms with Gasteiger partial charge in [0.15, 0.2) is 0 Å². The zero-order chi connectivity index (χ0) is 19.4. The van der Waals surface area contributed by atoms with E-state index in [-0.39, 0.29) is 5.91 Å². The summed E-state index contributed by atoms with van der Waals surface area (Å²) in [5.41, 5.74) is 0. The van der Waals surface area contributed by atoms with E-state index in [1.807, 2.05) is 4.90 Å². The summed E-state index contributed by atoms with van der Waals surface area (Å²) in [5, 5.41) is 0. The highest BCUT2D eigenvalue weighted by molar-refractivity contribution is 5.76. The van der Waals surface area contributed by atoms with Gasteiger partial charge in [-0.15, -0.1) is 0 Å². The third-order valence-electron chi connectivity index (χ3n) is 4.28. The average Bonchev–Trinajstić information content (AvgIpc) is 2.70. The van der Waals surface area contributed by atoms with Crippen molar-refractivity contribution in [1.82, 2.24) is 4.90 Å². The van der Waals surface area contributed by atoms with Crippen LogP contribution in [0.15, 0.2) is 60.8 Å². The zero-order valence-corrected chi connectivity index (χ0v) is 17.0. The third kappa shape index (κ3) is 13.9. The number of amides is 1. The summed E-state index contributed by atoms with van der Waals surface area (Å²) >= 11 is 0. The maximum absolute atomic E-state index is 12.0. The van der Waals surface area contributed by atoms with Gasteiger partial charge in [0.25, 0.3) is 0 Å². The molecule has 150 valence electrons. The lowest BCUT2D eigenvalue weighted by molar-refractivity contribution is -0.135. The summed E-state index contributed by atoms with van der Waals surface area (Å²) in [6.45, 7) is 5.02. The van der Waals surface area contributed by atoms with Crippen molar-refractivity contribution in [3.63, 3.8) is 0 Å². The van der Waals surface area contributed by atoms with E-state index in [1.165, 1.54) is 0 Å². The predicted molar refractivity (Wildman–Crippen MR) is 116 cm³/mol. The maximum Gasteiger partial charge on any atom is 0.222 e. The number of carbonyl (C=O) groups is 1. The Bertz CT molecular complexity index is 508. The molecule has 0 N–H and O–H groups in total. The number of carbonyl (C=O) groups excluding carboxylic acids is 1. The second-order valence-corrected chi connectivity index (χ2v) is 6.59. The van der Waals surface area contributed by atoms with Gasteiger partial charge in [0.05, 0.1) is 13.2 Å². The van der Waals surface area contributed by atoms with Gasteiger partial charge in [0.1, 0.15) is 0 Å². The van der Waals surface area contributed by atoms with Gasteiger partial charge in [-0.2, -0.15) is 0 Å². The number of unbranched alkanes of at least 4 members (excludes halogenated alkanes) is 1. The molecular formula is C24H37NO2. The summed E-state index contributed by atoms with van der Waals surface area (Å²) in [4.78, 5) is 13.9. The van der Waals surface area contributed by atoms with Crippen LogP contribution in [0.4, 0.5) is 0 Å². The molecule has 27 heavy (non-hydrogen) atoms. The molecule has 1 amide bonds. The molecule has 3 nitrogen and oxygen atoms in total. The van der Waals surface area contributed by atoms with Crippen LogP contribution < -0.4 is 0 Å². The van der Waals surface area contributed by atoms with Crippen molar-refractivity contribution in [2.75, 3.05) is 26.3 Å². The summed E-state index contributed by atoms with van der Waals surface area (Å²) in [6, 6.07) is 0. The predicted octanol–water partition coefficient (Wildman–Crippen LogP) is 5.77. The van der Waals surface area contributed by atoms with Gasteiger partial charge in [-0.1, -0.05) is 67.7 Å². The van der Waals surface area contributed by atoms with Crippen molar-refractivity contribution in [3.05, 3.63) is 60.8 Å². The van der Waals surface area contributed by atoms with Crippen molar-refractivity contribution in [3.8, 4) is 0 Å². The molecule has 0 aromatic rings. The van der Waals surface area contributed by atoms with Gasteiger partial charge >= 0.3 is 0 Å². The van der Waals surface area contributed by atoms with Gasteiger partial charge < -0.3 is 9.64 Å². The molecule has 1 rings (SSSR count). The van der Waals surface area contributed by atoms with Crippen molar-refractivity contribution in [2.45, 2.75) is 58.3 Å². The molecule has 1 heterocycles. The topological polar surface area (TPSA) is 29.5 Å². The fraction of sp³-hybridized carbons (Fsp3) is 0.542. The molecular weight excluding hydrogens is 334 g/mol. The number of hydrogen-bond donors (Lipinski definition) is 0. The van der Waals surface area contributed by atoms with Crippen LogP contribution in [0.1, 0.15) is 58.3 Å². The third-order valence-corrected chi connectivity index (χ3v) is 4.28. The minimum Gasteiger partial charge on any atom is -0.378 e. The van der Waals surface area contributed by atoms with Crippen LogP contribution in [0, 0.1) is 0 Å². The monoisotopic (exact) mass is 371 g/mol. The van der Waals surface area contributed by atoms with Crippen molar-refractivity contribution < 1.29 is 9.53 Å². The molecule has 0 unspecified atom stereocenters. The normalized spacial score (nSPS) is 16.1. The van der Waals surface area contributed by atoms with E-state index >= 15 is 0 Å². The molecule has 0 spiro atoms. The standard InChI is InChI=1S/C24H37NO2/c1-2-3-4-5-6-7-8-9-10-11-12-13-14-15-16-17-18-19-24(26)25-20-22-27-23-21-25/h3-4,6-7,9-10,12-13,15-16H,2,5,8,11,14,17-23H2,1H3/b4-3-,7-6-,10-9-,13-12-,16-15-. The number of allylic oxidation sites excluding steroid dienone is 10. The second-order valence-electron chi connectivity index (χ2n) is 6.59. The highest BCUT2D eigenvalue weighted by Gasteiger charge is 2.15. The molecule has 0 aromatic carbocycles. The Morgan fingerprint density at radius 3 is 1.78 bits per heavy atom. The van der Waals surface area contributed by atoms with Crippen molar-refractivity contribution in [1.29, 1.82) is 0 Å². The maximum atomic E-state index is 12.0. The molecule has 0 aliphatic carbocycles. The minimum atomic E-state index is 0.269. The van der Waals surface area contributed by atoms with Crippen LogP contribution in [-0.2, 0) is 9.53 Å². The fourth-order valence-corrected chi connectivity index (χ4v) is 2.71. The van der Waals surface area contributed by atoms with Gasteiger partial charge in [0.2, 0.25) is 5.91 Å². The van der Waals surface area contributed by atoms with Crippen LogP contribution in [0.5, 0.6) is 0 Å². The fourth-order valence-electron chi connectivity index (χ4n) is 2.71. The first-order valence-electron chi connectivity index (χ1n) is 10.4. The smallest absolute Gasteiger partial charge is 0.222 e. The van der Waals surface area contributed by atoms with E-state index < -0.39 is 0 Å². The van der Waals surface area contributed by atoms with E-state index in [4.69, 9.17) is 4.74 Å². The van der Waals surface area contributed by atoms with E-state index in [1.54, 1.807) is 0 Å². The van der Waals surface area contributed by atoms with E-state index in [2.05, 4.69) is 67.7 Å². The molecule has 0 radical (unpaired) electrons. The van der Waals surface area contributed by atoms with Crippen LogP contribution in [0.3, 0.4) is 0 Å². The van der Waals surface area contributed by atoms with Crippen LogP contribution in [-0.4, -0.2) is 37.1 Å². The van der Waals surface area contributed by atoms with Crippen molar-refractivity contribution >= 4 is 5.91 Å². The molecule has 0 atom stereocenters. The number of hydrogen-bond acceptors (Lipinski definition) is 2. The van der Waals surface area contributed by atoms with Crippen LogP contribution >= 0.6 is 0 Å². The summed E-state index contributed by atoms with van der Waals surface area (Å²) in [5.74, 6) is 0.269. The molecule has 0 saturated carbocycles. The summed E-state index contributed by atoms with van der Waals surface area (Å²) < 4.78 is 5.27. The lowest BCUT2D eigenvalue weighted by Gasteiger charge is -2.26. The van der Waals surface area contributed by atoms with Crippen molar-refractivity contribution in [2.24, 2.45) is 0 Å². The van der Waals surface area contributed by atoms with Gasteiger partial charge in [0, 0.05) is 19.5 Å². The number of ether oxygens (including phenoxy) is 1. The largest absolute Gasteiger partial charge is 0.378 e. The average molecular weight is 372 g/mol. The minimum absolute atomic E-state index is 0.269. The first-order valence-corrected chi connectivity index (χ1v) is 10.4. The molecule has 3 heteroatoms. The lowest BCUT2D eigenvalue weighted by Crippen LogP contribution is -2.40. The Morgan fingerprint density at radius 2 is 1.26 bits per heavy atom. The molecule has 1 fully saturated rings. The molecule has 0 bridgehead atoms. The SMILES string of the molecule is CC/C=C\C/C=C\C/C=C\C/C=C\C/C=C\CCCC(=O)N1CCOCC1. The lowest BCUT2D eigenvalue weighted by atomic mass is 10.2. The van der Waals surface area contributed by atoms with Gasteiger partial charge in [-0.3, -0.25) is 4.79 Å². The highest BCUT2D eigenvalue weighted by atomic mass is 16.5. The Hall–Kier alpha value is -1.87. The Labute approximate surface area is 166 Å². The van der Waals surface area contributed by atoms with Crippen LogP contribution in [0.2, 0.25) is 0 Å². The zero-order valence-electron chi connectivity index (χ0n) is 17.0. The Morgan fingerprint density at radius 1 is 0.778 bits per heavy atom. The Balaban J connectivity index is 1.94. The Kier molecular flexibility index (Phi) is 15.1. The molecule has 1 aliphatic heterocycles. The van der Waals surface area contributed by atoms with Crippen LogP contribution in [0.25, 0.3) is 0 Å². The van der Waals surface area contributed by atoms with E-state index in [0.717, 1.165) is 58.0 Å². The number of morpholine rings is 1. The van der Waals surface area contributed by atoms with Gasteiger partial charge in [-0.05, 0) is 44.9 Å². The molecule has 0 aromatic heterocycles. The van der Waals surface area contributed by atoms with E-state index in [9.17, 15) is 4.79 Å². The summed E-state index contributed by atoms with van der Waals surface area (Å²) in [7, 11) is 0.